The summed E-state index contributed by atoms with van der Waals surface area (Å²) in [4.78, 5) is 0. The lowest BCUT2D eigenvalue weighted by atomic mass is 9.84. The standard InChI is InChI=1S/C17H26O2/c1-13(2)19-17-11-7-6-10-15(17)16(18)12-14-8-4-3-5-9-14/h6-7,10-11,13-14,16,18H,3-5,8-9,12H2,1-2H3. The van der Waals surface area contributed by atoms with Crippen molar-refractivity contribution in [2.45, 2.75) is 64.6 Å². The Kier molecular flexibility index (Phi) is 5.26. The molecule has 19 heavy (non-hydrogen) atoms. The highest BCUT2D eigenvalue weighted by Gasteiger charge is 2.20. The zero-order chi connectivity index (χ0) is 13.7. The number of hydrogen-bond donors (Lipinski definition) is 1. The molecule has 1 aliphatic carbocycles. The van der Waals surface area contributed by atoms with Crippen LogP contribution >= 0.6 is 0 Å². The number of aliphatic hydroxyl groups excluding tert-OH is 1. The van der Waals surface area contributed by atoms with Gasteiger partial charge in [0.25, 0.3) is 0 Å². The average Bonchev–Trinajstić information content (AvgIpc) is 2.39. The van der Waals surface area contributed by atoms with Gasteiger partial charge < -0.3 is 9.84 Å². The molecule has 0 heterocycles. The van der Waals surface area contributed by atoms with Gasteiger partial charge in [0.05, 0.1) is 12.2 Å². The summed E-state index contributed by atoms with van der Waals surface area (Å²) in [5.41, 5.74) is 0.946. The first-order valence-electron chi connectivity index (χ1n) is 7.60. The first kappa shape index (κ1) is 14.4. The lowest BCUT2D eigenvalue weighted by molar-refractivity contribution is 0.125. The number of rotatable bonds is 5. The van der Waals surface area contributed by atoms with Gasteiger partial charge in [0, 0.05) is 5.56 Å². The van der Waals surface area contributed by atoms with E-state index in [9.17, 15) is 5.11 Å². The van der Waals surface area contributed by atoms with Crippen molar-refractivity contribution in [1.82, 2.24) is 0 Å². The molecule has 1 aromatic rings. The van der Waals surface area contributed by atoms with Crippen LogP contribution in [0.5, 0.6) is 5.75 Å². The van der Waals surface area contributed by atoms with E-state index < -0.39 is 6.10 Å². The molecule has 0 saturated heterocycles. The van der Waals surface area contributed by atoms with Crippen LogP contribution in [0.4, 0.5) is 0 Å². The minimum atomic E-state index is -0.391. The molecule has 0 amide bonds. The van der Waals surface area contributed by atoms with Crippen LogP contribution in [0.1, 0.15) is 64.0 Å². The Morgan fingerprint density at radius 2 is 1.84 bits per heavy atom. The molecule has 0 aromatic heterocycles. The highest BCUT2D eigenvalue weighted by molar-refractivity contribution is 5.35. The quantitative estimate of drug-likeness (QED) is 0.848. The highest BCUT2D eigenvalue weighted by Crippen LogP contribution is 2.35. The largest absolute Gasteiger partial charge is 0.491 e. The molecule has 2 rings (SSSR count). The Morgan fingerprint density at radius 3 is 2.53 bits per heavy atom. The molecule has 1 saturated carbocycles. The van der Waals surface area contributed by atoms with E-state index in [1.807, 2.05) is 38.1 Å². The van der Waals surface area contributed by atoms with Crippen LogP contribution in [0.2, 0.25) is 0 Å². The van der Waals surface area contributed by atoms with Gasteiger partial charge in [-0.05, 0) is 32.3 Å². The van der Waals surface area contributed by atoms with Gasteiger partial charge in [-0.15, -0.1) is 0 Å². The van der Waals surface area contributed by atoms with Gasteiger partial charge in [0.2, 0.25) is 0 Å². The van der Waals surface area contributed by atoms with E-state index in [-0.39, 0.29) is 6.10 Å². The van der Waals surface area contributed by atoms with Crippen LogP contribution < -0.4 is 4.74 Å². The maximum Gasteiger partial charge on any atom is 0.125 e. The topological polar surface area (TPSA) is 29.5 Å². The van der Waals surface area contributed by atoms with Crippen molar-refractivity contribution >= 4 is 0 Å². The van der Waals surface area contributed by atoms with Crippen molar-refractivity contribution < 1.29 is 9.84 Å². The Hall–Kier alpha value is -1.02. The minimum Gasteiger partial charge on any atom is -0.491 e. The van der Waals surface area contributed by atoms with Crippen molar-refractivity contribution in [3.05, 3.63) is 29.8 Å². The molecule has 1 aliphatic rings. The first-order valence-corrected chi connectivity index (χ1v) is 7.60. The third-order valence-corrected chi connectivity index (χ3v) is 3.92. The Morgan fingerprint density at radius 1 is 1.16 bits per heavy atom. The Bertz CT molecular complexity index is 381. The van der Waals surface area contributed by atoms with E-state index in [2.05, 4.69) is 0 Å². The number of aliphatic hydroxyl groups is 1. The van der Waals surface area contributed by atoms with Crippen LogP contribution in [-0.2, 0) is 0 Å². The van der Waals surface area contributed by atoms with E-state index >= 15 is 0 Å². The summed E-state index contributed by atoms with van der Waals surface area (Å²) < 4.78 is 5.80. The third kappa shape index (κ3) is 4.24. The SMILES string of the molecule is CC(C)Oc1ccccc1C(O)CC1CCCCC1. The van der Waals surface area contributed by atoms with Crippen LogP contribution in [-0.4, -0.2) is 11.2 Å². The third-order valence-electron chi connectivity index (χ3n) is 3.92. The zero-order valence-electron chi connectivity index (χ0n) is 12.1. The summed E-state index contributed by atoms with van der Waals surface area (Å²) in [5, 5.41) is 10.5. The number of para-hydroxylation sites is 1. The average molecular weight is 262 g/mol. The molecule has 0 aliphatic heterocycles. The molecule has 0 bridgehead atoms. The zero-order valence-corrected chi connectivity index (χ0v) is 12.1. The fourth-order valence-corrected chi connectivity index (χ4v) is 2.98. The predicted molar refractivity (Wildman–Crippen MR) is 78.4 cm³/mol. The molecular weight excluding hydrogens is 236 g/mol. The lowest BCUT2D eigenvalue weighted by Crippen LogP contribution is -2.13. The summed E-state index contributed by atoms with van der Waals surface area (Å²) >= 11 is 0. The molecule has 0 spiro atoms. The van der Waals surface area contributed by atoms with E-state index in [0.29, 0.717) is 5.92 Å². The van der Waals surface area contributed by atoms with E-state index in [4.69, 9.17) is 4.74 Å². The molecule has 0 radical (unpaired) electrons. The molecule has 1 atom stereocenters. The summed E-state index contributed by atoms with van der Waals surface area (Å²) in [6, 6.07) is 7.89. The van der Waals surface area contributed by atoms with Gasteiger partial charge in [-0.1, -0.05) is 50.3 Å². The minimum absolute atomic E-state index is 0.142. The van der Waals surface area contributed by atoms with Gasteiger partial charge in [-0.3, -0.25) is 0 Å². The number of benzene rings is 1. The second kappa shape index (κ2) is 6.95. The van der Waals surface area contributed by atoms with E-state index in [1.54, 1.807) is 0 Å². The Labute approximate surface area is 116 Å². The predicted octanol–water partition coefficient (Wildman–Crippen LogP) is 4.48. The molecule has 1 N–H and O–H groups in total. The molecule has 1 unspecified atom stereocenters. The first-order chi connectivity index (χ1) is 9.16. The van der Waals surface area contributed by atoms with Gasteiger partial charge in [0.1, 0.15) is 5.75 Å². The normalized spacial score (nSPS) is 18.5. The molecule has 1 aromatic carbocycles. The fourth-order valence-electron chi connectivity index (χ4n) is 2.98. The maximum atomic E-state index is 10.5. The Balaban J connectivity index is 2.02. The van der Waals surface area contributed by atoms with Gasteiger partial charge in [-0.25, -0.2) is 0 Å². The second-order valence-corrected chi connectivity index (χ2v) is 5.96. The van der Waals surface area contributed by atoms with Crippen molar-refractivity contribution in [3.8, 4) is 5.75 Å². The highest BCUT2D eigenvalue weighted by atomic mass is 16.5. The van der Waals surface area contributed by atoms with Crippen molar-refractivity contribution in [2.75, 3.05) is 0 Å². The molecular formula is C17H26O2. The number of hydrogen-bond acceptors (Lipinski definition) is 2. The fraction of sp³-hybridized carbons (Fsp3) is 0.647. The van der Waals surface area contributed by atoms with E-state index in [0.717, 1.165) is 17.7 Å². The smallest absolute Gasteiger partial charge is 0.125 e. The molecule has 106 valence electrons. The van der Waals surface area contributed by atoms with Gasteiger partial charge in [-0.2, -0.15) is 0 Å². The lowest BCUT2D eigenvalue weighted by Gasteiger charge is -2.25. The van der Waals surface area contributed by atoms with Crippen molar-refractivity contribution in [1.29, 1.82) is 0 Å². The van der Waals surface area contributed by atoms with Gasteiger partial charge >= 0.3 is 0 Å². The van der Waals surface area contributed by atoms with Gasteiger partial charge in [0.15, 0.2) is 0 Å². The monoisotopic (exact) mass is 262 g/mol. The van der Waals surface area contributed by atoms with Crippen LogP contribution in [0, 0.1) is 5.92 Å². The summed E-state index contributed by atoms with van der Waals surface area (Å²) in [5.74, 6) is 1.51. The van der Waals surface area contributed by atoms with E-state index in [1.165, 1.54) is 32.1 Å². The van der Waals surface area contributed by atoms with Crippen molar-refractivity contribution in [2.24, 2.45) is 5.92 Å². The second-order valence-electron chi connectivity index (χ2n) is 5.96. The molecule has 1 fully saturated rings. The van der Waals surface area contributed by atoms with Crippen LogP contribution in [0.15, 0.2) is 24.3 Å². The van der Waals surface area contributed by atoms with Crippen LogP contribution in [0.3, 0.4) is 0 Å². The summed E-state index contributed by atoms with van der Waals surface area (Å²) in [6.07, 6.45) is 7.16. The van der Waals surface area contributed by atoms with Crippen LogP contribution in [0.25, 0.3) is 0 Å². The molecule has 2 nitrogen and oxygen atoms in total. The maximum absolute atomic E-state index is 10.5. The van der Waals surface area contributed by atoms with Crippen molar-refractivity contribution in [3.63, 3.8) is 0 Å². The number of ether oxygens (including phenoxy) is 1. The summed E-state index contributed by atoms with van der Waals surface area (Å²) in [7, 11) is 0. The summed E-state index contributed by atoms with van der Waals surface area (Å²) in [6.45, 7) is 4.04. The molecule has 2 heteroatoms.